The van der Waals surface area contributed by atoms with Gasteiger partial charge in [0, 0.05) is 24.7 Å². The first-order valence-electron chi connectivity index (χ1n) is 7.46. The molecule has 0 bridgehead atoms. The van der Waals surface area contributed by atoms with Crippen LogP contribution in [0.3, 0.4) is 0 Å². The van der Waals surface area contributed by atoms with E-state index in [1.54, 1.807) is 12.1 Å². The van der Waals surface area contributed by atoms with E-state index in [-0.39, 0.29) is 11.4 Å². The van der Waals surface area contributed by atoms with Crippen molar-refractivity contribution in [1.29, 1.82) is 0 Å². The summed E-state index contributed by atoms with van der Waals surface area (Å²) in [5.41, 5.74) is 0.981. The standard InChI is InChI=1S/C16H23FN2/c1-13-11-18-16(9-5-2-6-10-16)12-19(13)15-8-4-3-7-14(15)17/h3-4,7-8,13,18H,2,5-6,9-12H2,1H3. The van der Waals surface area contributed by atoms with Gasteiger partial charge in [0.1, 0.15) is 5.82 Å². The van der Waals surface area contributed by atoms with Crippen LogP contribution in [0.1, 0.15) is 39.0 Å². The highest BCUT2D eigenvalue weighted by atomic mass is 19.1. The SMILES string of the molecule is CC1CNC2(CCCCC2)CN1c1ccccc1F. The van der Waals surface area contributed by atoms with E-state index in [9.17, 15) is 4.39 Å². The van der Waals surface area contributed by atoms with Crippen molar-refractivity contribution in [2.24, 2.45) is 0 Å². The van der Waals surface area contributed by atoms with Gasteiger partial charge in [-0.3, -0.25) is 0 Å². The van der Waals surface area contributed by atoms with E-state index in [4.69, 9.17) is 0 Å². The number of halogens is 1. The third-order valence-electron chi connectivity index (χ3n) is 4.75. The molecule has 1 aromatic carbocycles. The molecule has 3 rings (SSSR count). The second kappa shape index (κ2) is 5.12. The maximum atomic E-state index is 14.0. The smallest absolute Gasteiger partial charge is 0.146 e. The lowest BCUT2D eigenvalue weighted by Crippen LogP contribution is -2.64. The van der Waals surface area contributed by atoms with Crippen molar-refractivity contribution in [3.8, 4) is 0 Å². The lowest BCUT2D eigenvalue weighted by atomic mass is 9.79. The summed E-state index contributed by atoms with van der Waals surface area (Å²) < 4.78 is 14.0. The predicted octanol–water partition coefficient (Wildman–Crippen LogP) is 3.33. The van der Waals surface area contributed by atoms with Crippen molar-refractivity contribution in [3.05, 3.63) is 30.1 Å². The number of para-hydroxylation sites is 1. The molecular formula is C16H23FN2. The van der Waals surface area contributed by atoms with Crippen LogP contribution >= 0.6 is 0 Å². The molecule has 2 nitrogen and oxygen atoms in total. The molecule has 1 saturated heterocycles. The van der Waals surface area contributed by atoms with Crippen LogP contribution in [0.5, 0.6) is 0 Å². The van der Waals surface area contributed by atoms with E-state index in [1.807, 2.05) is 12.1 Å². The van der Waals surface area contributed by atoms with E-state index < -0.39 is 0 Å². The van der Waals surface area contributed by atoms with E-state index in [1.165, 1.54) is 32.1 Å². The molecule has 104 valence electrons. The van der Waals surface area contributed by atoms with Gasteiger partial charge in [-0.2, -0.15) is 0 Å². The number of piperazine rings is 1. The second-order valence-corrected chi connectivity index (χ2v) is 6.15. The Morgan fingerprint density at radius 2 is 1.95 bits per heavy atom. The van der Waals surface area contributed by atoms with Gasteiger partial charge in [-0.25, -0.2) is 4.39 Å². The summed E-state index contributed by atoms with van der Waals surface area (Å²) >= 11 is 0. The minimum atomic E-state index is -0.0952. The number of hydrogen-bond acceptors (Lipinski definition) is 2. The largest absolute Gasteiger partial charge is 0.363 e. The van der Waals surface area contributed by atoms with Gasteiger partial charge >= 0.3 is 0 Å². The topological polar surface area (TPSA) is 15.3 Å². The van der Waals surface area contributed by atoms with E-state index in [0.29, 0.717) is 6.04 Å². The fourth-order valence-corrected chi connectivity index (χ4v) is 3.58. The van der Waals surface area contributed by atoms with Gasteiger partial charge in [0.25, 0.3) is 0 Å². The summed E-state index contributed by atoms with van der Waals surface area (Å²) in [4.78, 5) is 2.26. The number of benzene rings is 1. The molecule has 2 aliphatic rings. The zero-order valence-corrected chi connectivity index (χ0v) is 11.7. The van der Waals surface area contributed by atoms with E-state index in [0.717, 1.165) is 18.8 Å². The monoisotopic (exact) mass is 262 g/mol. The highest BCUT2D eigenvalue weighted by molar-refractivity contribution is 5.50. The lowest BCUT2D eigenvalue weighted by molar-refractivity contribution is 0.200. The van der Waals surface area contributed by atoms with Crippen LogP contribution in [0.15, 0.2) is 24.3 Å². The highest BCUT2D eigenvalue weighted by Crippen LogP contribution is 2.34. The molecular weight excluding hydrogens is 239 g/mol. The van der Waals surface area contributed by atoms with Crippen LogP contribution in [-0.2, 0) is 0 Å². The number of rotatable bonds is 1. The molecule has 1 spiro atoms. The Morgan fingerprint density at radius 3 is 2.68 bits per heavy atom. The summed E-state index contributed by atoms with van der Waals surface area (Å²) in [5, 5.41) is 3.74. The van der Waals surface area contributed by atoms with Gasteiger partial charge in [-0.05, 0) is 31.9 Å². The first-order chi connectivity index (χ1) is 9.20. The maximum Gasteiger partial charge on any atom is 0.146 e. The number of nitrogens with zero attached hydrogens (tertiary/aromatic N) is 1. The van der Waals surface area contributed by atoms with Crippen LogP contribution in [0.2, 0.25) is 0 Å². The number of nitrogens with one attached hydrogen (secondary N) is 1. The minimum Gasteiger partial charge on any atom is -0.363 e. The van der Waals surface area contributed by atoms with Crippen LogP contribution in [-0.4, -0.2) is 24.7 Å². The molecule has 1 unspecified atom stereocenters. The molecule has 19 heavy (non-hydrogen) atoms. The van der Waals surface area contributed by atoms with Gasteiger partial charge in [0.15, 0.2) is 0 Å². The Morgan fingerprint density at radius 1 is 1.21 bits per heavy atom. The van der Waals surface area contributed by atoms with Crippen LogP contribution in [0.4, 0.5) is 10.1 Å². The fraction of sp³-hybridized carbons (Fsp3) is 0.625. The maximum absolute atomic E-state index is 14.0. The van der Waals surface area contributed by atoms with Crippen molar-refractivity contribution in [3.63, 3.8) is 0 Å². The Labute approximate surface area is 115 Å². The Kier molecular flexibility index (Phi) is 3.48. The van der Waals surface area contributed by atoms with Crippen molar-refractivity contribution in [2.75, 3.05) is 18.0 Å². The molecule has 1 N–H and O–H groups in total. The third-order valence-corrected chi connectivity index (χ3v) is 4.75. The molecule has 0 amide bonds. The normalized spacial score (nSPS) is 26.6. The van der Waals surface area contributed by atoms with Crippen molar-refractivity contribution in [1.82, 2.24) is 5.32 Å². The molecule has 0 radical (unpaired) electrons. The van der Waals surface area contributed by atoms with Crippen LogP contribution in [0, 0.1) is 5.82 Å². The zero-order chi connectivity index (χ0) is 13.3. The Bertz CT molecular complexity index is 440. The molecule has 1 aromatic rings. The highest BCUT2D eigenvalue weighted by Gasteiger charge is 2.39. The zero-order valence-electron chi connectivity index (χ0n) is 11.7. The summed E-state index contributed by atoms with van der Waals surface area (Å²) in [7, 11) is 0. The van der Waals surface area contributed by atoms with Crippen LogP contribution < -0.4 is 10.2 Å². The molecule has 1 heterocycles. The van der Waals surface area contributed by atoms with Gasteiger partial charge in [0.05, 0.1) is 5.69 Å². The van der Waals surface area contributed by atoms with Crippen molar-refractivity contribution < 1.29 is 4.39 Å². The average molecular weight is 262 g/mol. The summed E-state index contributed by atoms with van der Waals surface area (Å²) in [5.74, 6) is -0.0952. The number of anilines is 1. The lowest BCUT2D eigenvalue weighted by Gasteiger charge is -2.50. The van der Waals surface area contributed by atoms with Crippen molar-refractivity contribution in [2.45, 2.75) is 50.6 Å². The van der Waals surface area contributed by atoms with Crippen LogP contribution in [0.25, 0.3) is 0 Å². The molecule has 0 aromatic heterocycles. The molecule has 1 aliphatic carbocycles. The molecule has 2 fully saturated rings. The Hall–Kier alpha value is -1.09. The fourth-order valence-electron chi connectivity index (χ4n) is 3.58. The first-order valence-corrected chi connectivity index (χ1v) is 7.46. The molecule has 1 atom stereocenters. The minimum absolute atomic E-state index is 0.0952. The predicted molar refractivity (Wildman–Crippen MR) is 77.0 cm³/mol. The number of hydrogen-bond donors (Lipinski definition) is 1. The van der Waals surface area contributed by atoms with Gasteiger partial charge in [-0.1, -0.05) is 31.4 Å². The second-order valence-electron chi connectivity index (χ2n) is 6.15. The molecule has 3 heteroatoms. The summed E-state index contributed by atoms with van der Waals surface area (Å²) in [6, 6.07) is 7.53. The van der Waals surface area contributed by atoms with Gasteiger partial charge in [-0.15, -0.1) is 0 Å². The average Bonchev–Trinajstić information content (AvgIpc) is 2.44. The van der Waals surface area contributed by atoms with Gasteiger partial charge < -0.3 is 10.2 Å². The van der Waals surface area contributed by atoms with Crippen molar-refractivity contribution >= 4 is 5.69 Å². The third kappa shape index (κ3) is 2.48. The molecule has 1 aliphatic heterocycles. The van der Waals surface area contributed by atoms with Gasteiger partial charge in [0.2, 0.25) is 0 Å². The quantitative estimate of drug-likeness (QED) is 0.835. The summed E-state index contributed by atoms with van der Waals surface area (Å²) in [6.07, 6.45) is 6.40. The van der Waals surface area contributed by atoms with E-state index in [2.05, 4.69) is 17.1 Å². The Balaban J connectivity index is 1.85. The summed E-state index contributed by atoms with van der Waals surface area (Å²) in [6.45, 7) is 4.07. The first kappa shape index (κ1) is 12.9. The van der Waals surface area contributed by atoms with E-state index >= 15 is 0 Å². The molecule has 1 saturated carbocycles.